The van der Waals surface area contributed by atoms with Crippen molar-refractivity contribution in [2.45, 2.75) is 6.92 Å². The van der Waals surface area contributed by atoms with Gasteiger partial charge in [0.05, 0.1) is 54.4 Å². The normalized spacial score (nSPS) is 9.96. The lowest BCUT2D eigenvalue weighted by molar-refractivity contribution is 0.0593. The van der Waals surface area contributed by atoms with E-state index in [0.717, 1.165) is 0 Å². The van der Waals surface area contributed by atoms with E-state index in [1.807, 2.05) is 6.92 Å². The number of para-hydroxylation sites is 2. The fourth-order valence-electron chi connectivity index (χ4n) is 2.37. The Morgan fingerprint density at radius 3 is 2.25 bits per heavy atom. The molecule has 0 fully saturated rings. The van der Waals surface area contributed by atoms with Crippen molar-refractivity contribution in [2.75, 3.05) is 32.3 Å². The molecule has 0 amide bonds. The molecule has 3 rings (SSSR count). The summed E-state index contributed by atoms with van der Waals surface area (Å²) in [5, 5.41) is 0. The van der Waals surface area contributed by atoms with Crippen LogP contribution in [0.5, 0.6) is 6.01 Å². The number of aromatic nitrogens is 2. The van der Waals surface area contributed by atoms with Crippen molar-refractivity contribution in [3.05, 3.63) is 47.5 Å². The van der Waals surface area contributed by atoms with Gasteiger partial charge in [0, 0.05) is 0 Å². The Bertz CT molecular complexity index is 984. The third-order valence-corrected chi connectivity index (χ3v) is 3.73. The Hall–Kier alpha value is -3.75. The first-order valence-electron chi connectivity index (χ1n) is 8.35. The molecule has 0 saturated carbocycles. The number of H-pyrrole nitrogens is 1. The number of ether oxygens (including phenoxy) is 3. The summed E-state index contributed by atoms with van der Waals surface area (Å²) in [6.45, 7) is 2.39. The summed E-state index contributed by atoms with van der Waals surface area (Å²) in [6, 6.07) is 10.5. The van der Waals surface area contributed by atoms with Gasteiger partial charge in [-0.3, -0.25) is 0 Å². The number of nitrogen functional groups attached to an aromatic ring is 2. The van der Waals surface area contributed by atoms with Gasteiger partial charge in [-0.05, 0) is 31.2 Å². The van der Waals surface area contributed by atoms with Gasteiger partial charge in [0.15, 0.2) is 0 Å². The molecule has 1 heterocycles. The minimum absolute atomic E-state index is 0.268. The maximum atomic E-state index is 11.5. The molecule has 0 spiro atoms. The molecule has 0 bridgehead atoms. The van der Waals surface area contributed by atoms with Crippen LogP contribution < -0.4 is 16.2 Å². The molecule has 0 aliphatic rings. The monoisotopic (exact) mass is 386 g/mol. The van der Waals surface area contributed by atoms with Crippen LogP contribution in [-0.2, 0) is 9.47 Å². The lowest BCUT2D eigenvalue weighted by Gasteiger charge is -2.04. The zero-order valence-electron chi connectivity index (χ0n) is 15.8. The number of carbonyl (C=O) groups excluding carboxylic acids is 2. The van der Waals surface area contributed by atoms with Crippen molar-refractivity contribution in [3.63, 3.8) is 0 Å². The summed E-state index contributed by atoms with van der Waals surface area (Å²) >= 11 is 0. The number of carbonyl (C=O) groups is 2. The van der Waals surface area contributed by atoms with E-state index in [2.05, 4.69) is 19.4 Å². The smallest absolute Gasteiger partial charge is 0.340 e. The SMILES string of the molecule is CCOc1nc2cccc(C(=O)OC)c2[nH]1.COC(=O)c1cccc(N)c1N. The van der Waals surface area contributed by atoms with Gasteiger partial charge in [-0.2, -0.15) is 4.98 Å². The number of anilines is 2. The summed E-state index contributed by atoms with van der Waals surface area (Å²) in [5.74, 6) is -0.864. The van der Waals surface area contributed by atoms with Crippen LogP contribution in [0.3, 0.4) is 0 Å². The number of benzene rings is 2. The minimum Gasteiger partial charge on any atom is -0.465 e. The van der Waals surface area contributed by atoms with Crippen LogP contribution >= 0.6 is 0 Å². The number of nitrogens with zero attached hydrogens (tertiary/aromatic N) is 1. The Kier molecular flexibility index (Phi) is 6.80. The lowest BCUT2D eigenvalue weighted by Crippen LogP contribution is -2.07. The van der Waals surface area contributed by atoms with Gasteiger partial charge >= 0.3 is 11.9 Å². The second kappa shape index (κ2) is 9.26. The molecule has 5 N–H and O–H groups in total. The van der Waals surface area contributed by atoms with E-state index >= 15 is 0 Å². The molecule has 0 unspecified atom stereocenters. The minimum atomic E-state index is -0.472. The molecule has 9 nitrogen and oxygen atoms in total. The quantitative estimate of drug-likeness (QED) is 0.458. The maximum Gasteiger partial charge on any atom is 0.340 e. The number of methoxy groups -OCH3 is 2. The number of rotatable bonds is 4. The molecule has 3 aromatic rings. The van der Waals surface area contributed by atoms with Crippen LogP contribution in [0.25, 0.3) is 11.0 Å². The number of hydrogen-bond donors (Lipinski definition) is 3. The van der Waals surface area contributed by atoms with Gasteiger partial charge in [0.2, 0.25) is 0 Å². The van der Waals surface area contributed by atoms with Crippen molar-refractivity contribution in [3.8, 4) is 6.01 Å². The zero-order valence-corrected chi connectivity index (χ0v) is 15.8. The number of esters is 2. The summed E-state index contributed by atoms with van der Waals surface area (Å²) in [4.78, 5) is 29.7. The fraction of sp³-hybridized carbons (Fsp3) is 0.211. The number of hydrogen-bond acceptors (Lipinski definition) is 8. The molecular weight excluding hydrogens is 364 g/mol. The van der Waals surface area contributed by atoms with Crippen molar-refractivity contribution in [1.29, 1.82) is 0 Å². The van der Waals surface area contributed by atoms with Gasteiger partial charge in [-0.25, -0.2) is 9.59 Å². The van der Waals surface area contributed by atoms with Crippen LogP contribution in [0.1, 0.15) is 27.6 Å². The molecule has 9 heteroatoms. The van der Waals surface area contributed by atoms with Gasteiger partial charge < -0.3 is 30.7 Å². The average Bonchev–Trinajstić information content (AvgIpc) is 3.12. The molecule has 0 atom stereocenters. The van der Waals surface area contributed by atoms with Crippen LogP contribution in [-0.4, -0.2) is 42.7 Å². The van der Waals surface area contributed by atoms with Crippen LogP contribution in [0, 0.1) is 0 Å². The standard InChI is InChI=1S/C11H12N2O3.C8H10N2O2/c1-3-16-11-12-8-6-4-5-7(9(8)13-11)10(14)15-2;1-12-8(11)5-3-2-4-6(9)7(5)10/h4-6H,3H2,1-2H3,(H,12,13);2-4H,9-10H2,1H3. The van der Waals surface area contributed by atoms with Gasteiger partial charge in [0.25, 0.3) is 6.01 Å². The highest BCUT2D eigenvalue weighted by atomic mass is 16.5. The topological polar surface area (TPSA) is 143 Å². The highest BCUT2D eigenvalue weighted by molar-refractivity contribution is 6.02. The Morgan fingerprint density at radius 2 is 1.61 bits per heavy atom. The van der Waals surface area contributed by atoms with Gasteiger partial charge in [0.1, 0.15) is 0 Å². The number of fused-ring (bicyclic) bond motifs is 1. The molecule has 148 valence electrons. The second-order valence-corrected chi connectivity index (χ2v) is 5.47. The van der Waals surface area contributed by atoms with Gasteiger partial charge in [-0.1, -0.05) is 12.1 Å². The summed E-state index contributed by atoms with van der Waals surface area (Å²) < 4.78 is 14.4. The molecule has 2 aromatic carbocycles. The molecule has 0 radical (unpaired) electrons. The van der Waals surface area contributed by atoms with Crippen LogP contribution in [0.15, 0.2) is 36.4 Å². The molecule has 0 aliphatic carbocycles. The number of imidazole rings is 1. The predicted octanol–water partition coefficient (Wildman–Crippen LogP) is 2.39. The molecule has 1 aromatic heterocycles. The maximum absolute atomic E-state index is 11.5. The van der Waals surface area contributed by atoms with Crippen molar-refractivity contribution in [1.82, 2.24) is 9.97 Å². The highest BCUT2D eigenvalue weighted by Gasteiger charge is 2.13. The first-order chi connectivity index (χ1) is 13.4. The predicted molar refractivity (Wildman–Crippen MR) is 105 cm³/mol. The van der Waals surface area contributed by atoms with Crippen LogP contribution in [0.2, 0.25) is 0 Å². The van der Waals surface area contributed by atoms with Gasteiger partial charge in [-0.15, -0.1) is 0 Å². The Morgan fingerprint density at radius 1 is 1.00 bits per heavy atom. The molecule has 0 saturated heterocycles. The number of aromatic amines is 1. The zero-order chi connectivity index (χ0) is 20.7. The summed E-state index contributed by atoms with van der Waals surface area (Å²) in [7, 11) is 2.64. The molecule has 28 heavy (non-hydrogen) atoms. The molecule has 0 aliphatic heterocycles. The summed E-state index contributed by atoms with van der Waals surface area (Å²) in [5.41, 5.74) is 13.8. The average molecular weight is 386 g/mol. The van der Waals surface area contributed by atoms with E-state index in [1.165, 1.54) is 14.2 Å². The van der Waals surface area contributed by atoms with E-state index in [4.69, 9.17) is 16.2 Å². The van der Waals surface area contributed by atoms with Crippen LogP contribution in [0.4, 0.5) is 11.4 Å². The summed E-state index contributed by atoms with van der Waals surface area (Å²) in [6.07, 6.45) is 0. The van der Waals surface area contributed by atoms with E-state index in [1.54, 1.807) is 36.4 Å². The van der Waals surface area contributed by atoms with E-state index < -0.39 is 11.9 Å². The Labute approximate surface area is 161 Å². The van der Waals surface area contributed by atoms with E-state index in [-0.39, 0.29) is 5.69 Å². The third kappa shape index (κ3) is 4.50. The number of nitrogens with two attached hydrogens (primary N) is 2. The van der Waals surface area contributed by atoms with Crippen molar-refractivity contribution in [2.24, 2.45) is 0 Å². The third-order valence-electron chi connectivity index (χ3n) is 3.73. The fourth-order valence-corrected chi connectivity index (χ4v) is 2.37. The highest BCUT2D eigenvalue weighted by Crippen LogP contribution is 2.21. The van der Waals surface area contributed by atoms with Crippen molar-refractivity contribution >= 4 is 34.3 Å². The first-order valence-corrected chi connectivity index (χ1v) is 8.35. The lowest BCUT2D eigenvalue weighted by atomic mass is 10.1. The first kappa shape index (κ1) is 20.6. The Balaban J connectivity index is 0.000000209. The van der Waals surface area contributed by atoms with E-state index in [9.17, 15) is 9.59 Å². The molecular formula is C19H22N4O5. The second-order valence-electron chi connectivity index (χ2n) is 5.47. The number of nitrogens with one attached hydrogen (secondary N) is 1. The van der Waals surface area contributed by atoms with E-state index in [0.29, 0.717) is 40.5 Å². The largest absolute Gasteiger partial charge is 0.465 e. The van der Waals surface area contributed by atoms with Crippen molar-refractivity contribution < 1.29 is 23.8 Å².